The zero-order valence-corrected chi connectivity index (χ0v) is 18.9. The van der Waals surface area contributed by atoms with Crippen LogP contribution in [-0.2, 0) is 16.1 Å². The summed E-state index contributed by atoms with van der Waals surface area (Å²) >= 11 is 18.1. The number of imide groups is 1. The first-order valence-electron chi connectivity index (χ1n) is 9.81. The Morgan fingerprint density at radius 2 is 1.68 bits per heavy atom. The van der Waals surface area contributed by atoms with E-state index in [1.807, 2.05) is 13.0 Å². The third-order valence-corrected chi connectivity index (χ3v) is 6.67. The number of carbonyl (C=O) groups is 3. The molecule has 2 aromatic carbocycles. The summed E-state index contributed by atoms with van der Waals surface area (Å²) in [7, 11) is 0. The van der Waals surface area contributed by atoms with Crippen molar-refractivity contribution in [2.75, 3.05) is 0 Å². The molecule has 0 spiro atoms. The number of allylic oxidation sites excluding steroid dienone is 2. The summed E-state index contributed by atoms with van der Waals surface area (Å²) < 4.78 is 0. The molecule has 2 aliphatic rings. The van der Waals surface area contributed by atoms with Crippen LogP contribution in [0.25, 0.3) is 0 Å². The van der Waals surface area contributed by atoms with Crippen LogP contribution >= 0.6 is 34.8 Å². The molecule has 2 atom stereocenters. The first-order valence-corrected chi connectivity index (χ1v) is 10.9. The van der Waals surface area contributed by atoms with Crippen molar-refractivity contribution < 1.29 is 14.4 Å². The highest BCUT2D eigenvalue weighted by atomic mass is 35.5. The maximum Gasteiger partial charge on any atom is 0.273 e. The summed E-state index contributed by atoms with van der Waals surface area (Å²) in [5.41, 5.74) is 2.03. The fraction of sp³-hybridized carbons (Fsp3) is 0.261. The Bertz CT molecular complexity index is 1100. The molecule has 0 radical (unpaired) electrons. The standard InChI is InChI=1S/C23H19Cl3N2O3/c1-13-2-8-17-18(10-13)23(31)28(22(17)30)27(12-14-3-9-19(25)20(26)11-14)21(29)15-4-6-16(24)7-5-15/h2-7,9,11,17-18H,8,10,12H2,1H3/t17-,18-/m0/s1. The van der Waals surface area contributed by atoms with E-state index in [4.69, 9.17) is 34.8 Å². The summed E-state index contributed by atoms with van der Waals surface area (Å²) in [5, 5.41) is 3.39. The lowest BCUT2D eigenvalue weighted by atomic mass is 9.82. The second kappa shape index (κ2) is 8.65. The Morgan fingerprint density at radius 3 is 2.35 bits per heavy atom. The Kier molecular flexibility index (Phi) is 6.11. The number of nitrogens with zero attached hydrogens (tertiary/aromatic N) is 2. The van der Waals surface area contributed by atoms with Crippen LogP contribution in [0.2, 0.25) is 15.1 Å². The fourth-order valence-electron chi connectivity index (χ4n) is 4.04. The SMILES string of the molecule is CC1=CC[C@@H]2C(=O)N(N(Cc3ccc(Cl)c(Cl)c3)C(=O)c3ccc(Cl)cc3)C(=O)[C@H]2C1. The summed E-state index contributed by atoms with van der Waals surface area (Å²) in [5.74, 6) is -2.10. The molecule has 0 N–H and O–H groups in total. The third-order valence-electron chi connectivity index (χ3n) is 5.68. The number of benzene rings is 2. The Hall–Kier alpha value is -2.34. The molecule has 1 fully saturated rings. The number of rotatable bonds is 4. The first kappa shape index (κ1) is 21.9. The van der Waals surface area contributed by atoms with E-state index < -0.39 is 17.7 Å². The molecule has 1 aliphatic heterocycles. The molecule has 5 nitrogen and oxygen atoms in total. The van der Waals surface area contributed by atoms with Gasteiger partial charge in [-0.15, -0.1) is 0 Å². The zero-order chi connectivity index (χ0) is 22.3. The molecule has 1 aliphatic carbocycles. The molecule has 160 valence electrons. The van der Waals surface area contributed by atoms with Crippen LogP contribution in [0.4, 0.5) is 0 Å². The van der Waals surface area contributed by atoms with Crippen LogP contribution in [0.3, 0.4) is 0 Å². The van der Waals surface area contributed by atoms with E-state index in [2.05, 4.69) is 0 Å². The van der Waals surface area contributed by atoms with Crippen molar-refractivity contribution in [1.29, 1.82) is 0 Å². The number of amides is 3. The zero-order valence-electron chi connectivity index (χ0n) is 16.6. The van der Waals surface area contributed by atoms with Crippen molar-refractivity contribution in [3.8, 4) is 0 Å². The Labute approximate surface area is 195 Å². The number of hydrogen-bond donors (Lipinski definition) is 0. The van der Waals surface area contributed by atoms with Crippen molar-refractivity contribution >= 4 is 52.5 Å². The van der Waals surface area contributed by atoms with E-state index in [1.165, 1.54) is 5.01 Å². The van der Waals surface area contributed by atoms with Crippen molar-refractivity contribution in [2.45, 2.75) is 26.3 Å². The van der Waals surface area contributed by atoms with Gasteiger partial charge in [0.25, 0.3) is 17.7 Å². The molecule has 4 rings (SSSR count). The van der Waals surface area contributed by atoms with Gasteiger partial charge in [-0.1, -0.05) is 52.5 Å². The van der Waals surface area contributed by atoms with Crippen molar-refractivity contribution in [3.05, 3.63) is 80.3 Å². The molecule has 2 aromatic rings. The molecule has 31 heavy (non-hydrogen) atoms. The van der Waals surface area contributed by atoms with E-state index in [0.29, 0.717) is 39.0 Å². The Morgan fingerprint density at radius 1 is 1.00 bits per heavy atom. The van der Waals surface area contributed by atoms with Crippen LogP contribution in [0.1, 0.15) is 35.7 Å². The van der Waals surface area contributed by atoms with Crippen LogP contribution in [0.5, 0.6) is 0 Å². The van der Waals surface area contributed by atoms with Crippen molar-refractivity contribution in [1.82, 2.24) is 10.0 Å². The van der Waals surface area contributed by atoms with Crippen molar-refractivity contribution in [3.63, 3.8) is 0 Å². The number of halogens is 3. The van der Waals surface area contributed by atoms with Crippen LogP contribution in [0, 0.1) is 11.8 Å². The smallest absolute Gasteiger partial charge is 0.272 e. The lowest BCUT2D eigenvalue weighted by Crippen LogP contribution is -2.49. The largest absolute Gasteiger partial charge is 0.273 e. The molecule has 0 bridgehead atoms. The first-order chi connectivity index (χ1) is 14.8. The topological polar surface area (TPSA) is 57.7 Å². The van der Waals surface area contributed by atoms with Gasteiger partial charge in [0.1, 0.15) is 0 Å². The van der Waals surface area contributed by atoms with E-state index in [-0.39, 0.29) is 18.4 Å². The molecule has 0 unspecified atom stereocenters. The molecule has 8 heteroatoms. The summed E-state index contributed by atoms with van der Waals surface area (Å²) in [6.07, 6.45) is 3.00. The third kappa shape index (κ3) is 4.22. The highest BCUT2D eigenvalue weighted by molar-refractivity contribution is 6.42. The minimum absolute atomic E-state index is 0.0122. The summed E-state index contributed by atoms with van der Waals surface area (Å²) in [4.78, 5) is 39.9. The van der Waals surface area contributed by atoms with Gasteiger partial charge in [0, 0.05) is 10.6 Å². The average Bonchev–Trinajstić information content (AvgIpc) is 2.98. The van der Waals surface area contributed by atoms with E-state index >= 15 is 0 Å². The van der Waals surface area contributed by atoms with Crippen LogP contribution < -0.4 is 0 Å². The van der Waals surface area contributed by atoms with Gasteiger partial charge >= 0.3 is 0 Å². The van der Waals surface area contributed by atoms with Gasteiger partial charge in [0.05, 0.1) is 28.4 Å². The summed E-state index contributed by atoms with van der Waals surface area (Å²) in [6, 6.07) is 11.3. The van der Waals surface area contributed by atoms with Crippen LogP contribution in [0.15, 0.2) is 54.1 Å². The molecular weight excluding hydrogens is 459 g/mol. The van der Waals surface area contributed by atoms with E-state index in [0.717, 1.165) is 10.6 Å². The molecule has 3 amide bonds. The number of hydrazine groups is 1. The Balaban J connectivity index is 1.72. The fourth-order valence-corrected chi connectivity index (χ4v) is 4.49. The van der Waals surface area contributed by atoms with Gasteiger partial charge in [-0.3, -0.25) is 14.4 Å². The van der Waals surface area contributed by atoms with Gasteiger partial charge in [-0.2, -0.15) is 5.01 Å². The maximum absolute atomic E-state index is 13.4. The van der Waals surface area contributed by atoms with Crippen molar-refractivity contribution in [2.24, 2.45) is 11.8 Å². The van der Waals surface area contributed by atoms with E-state index in [9.17, 15) is 14.4 Å². The second-order valence-electron chi connectivity index (χ2n) is 7.81. The summed E-state index contributed by atoms with van der Waals surface area (Å²) in [6.45, 7) is 1.94. The molecular formula is C23H19Cl3N2O3. The predicted octanol–water partition coefficient (Wildman–Crippen LogP) is 5.55. The maximum atomic E-state index is 13.4. The monoisotopic (exact) mass is 476 g/mol. The predicted molar refractivity (Wildman–Crippen MR) is 120 cm³/mol. The number of carbonyl (C=O) groups excluding carboxylic acids is 3. The van der Waals surface area contributed by atoms with Gasteiger partial charge in [0.15, 0.2) is 0 Å². The highest BCUT2D eigenvalue weighted by Gasteiger charge is 2.51. The lowest BCUT2D eigenvalue weighted by molar-refractivity contribution is -0.155. The van der Waals surface area contributed by atoms with Gasteiger partial charge in [-0.05, 0) is 61.7 Å². The minimum Gasteiger partial charge on any atom is -0.272 e. The number of hydrogen-bond acceptors (Lipinski definition) is 3. The number of fused-ring (bicyclic) bond motifs is 1. The van der Waals surface area contributed by atoms with Gasteiger partial charge < -0.3 is 0 Å². The molecule has 0 saturated carbocycles. The minimum atomic E-state index is -0.479. The second-order valence-corrected chi connectivity index (χ2v) is 9.06. The van der Waals surface area contributed by atoms with Gasteiger partial charge in [0.2, 0.25) is 0 Å². The lowest BCUT2D eigenvalue weighted by Gasteiger charge is -2.30. The van der Waals surface area contributed by atoms with Crippen LogP contribution in [-0.4, -0.2) is 27.7 Å². The molecule has 1 saturated heterocycles. The molecule has 0 aromatic heterocycles. The highest BCUT2D eigenvalue weighted by Crippen LogP contribution is 2.39. The van der Waals surface area contributed by atoms with Gasteiger partial charge in [-0.25, -0.2) is 5.01 Å². The average molecular weight is 478 g/mol. The normalized spacial score (nSPS) is 20.5. The molecule has 1 heterocycles. The van der Waals surface area contributed by atoms with E-state index in [1.54, 1.807) is 42.5 Å². The quantitative estimate of drug-likeness (QED) is 0.429.